The molecule has 0 radical (unpaired) electrons. The summed E-state index contributed by atoms with van der Waals surface area (Å²) in [4.78, 5) is 12.3. The van der Waals surface area contributed by atoms with Gasteiger partial charge in [-0.2, -0.15) is 0 Å². The fourth-order valence-electron chi connectivity index (χ4n) is 2.84. The van der Waals surface area contributed by atoms with Crippen LogP contribution in [0, 0.1) is 0 Å². The highest BCUT2D eigenvalue weighted by Gasteiger charge is 2.10. The van der Waals surface area contributed by atoms with E-state index in [0.29, 0.717) is 5.92 Å². The van der Waals surface area contributed by atoms with Crippen molar-refractivity contribution in [1.82, 2.24) is 5.32 Å². The third-order valence-corrected chi connectivity index (χ3v) is 4.23. The van der Waals surface area contributed by atoms with Crippen molar-refractivity contribution in [1.29, 1.82) is 0 Å². The van der Waals surface area contributed by atoms with Gasteiger partial charge in [-0.1, -0.05) is 62.4 Å². The van der Waals surface area contributed by atoms with Gasteiger partial charge in [-0.25, -0.2) is 4.79 Å². The number of carbonyl (C=O) groups is 1. The van der Waals surface area contributed by atoms with Crippen LogP contribution in [0.15, 0.2) is 66.7 Å². The van der Waals surface area contributed by atoms with Gasteiger partial charge in [-0.15, -0.1) is 0 Å². The van der Waals surface area contributed by atoms with Crippen LogP contribution in [0.5, 0.6) is 5.75 Å². The quantitative estimate of drug-likeness (QED) is 0.597. The number of hydrogen-bond acceptors (Lipinski definition) is 2. The molecule has 3 aromatic carbocycles. The standard InChI is InChI=1S/C22H24N2O2/c1-15(2)17-11-13-19(14-12-17)26-16(3)23-22(25)24-21-10-6-8-18-7-4-5-9-20(18)21/h4-16H,1-3H3,(H2,23,24,25). The molecule has 2 amide bonds. The zero-order valence-electron chi connectivity index (χ0n) is 15.3. The Morgan fingerprint density at radius 2 is 1.58 bits per heavy atom. The zero-order chi connectivity index (χ0) is 18.5. The SMILES string of the molecule is CC(NC(=O)Nc1cccc2ccccc12)Oc1ccc(C(C)C)cc1. The van der Waals surface area contributed by atoms with E-state index in [4.69, 9.17) is 4.74 Å². The second-order valence-electron chi connectivity index (χ2n) is 6.61. The van der Waals surface area contributed by atoms with Gasteiger partial charge in [-0.3, -0.25) is 0 Å². The molecule has 1 unspecified atom stereocenters. The molecule has 0 saturated heterocycles. The van der Waals surface area contributed by atoms with Gasteiger partial charge in [0.2, 0.25) is 0 Å². The molecule has 2 N–H and O–H groups in total. The highest BCUT2D eigenvalue weighted by atomic mass is 16.5. The summed E-state index contributed by atoms with van der Waals surface area (Å²) in [5, 5.41) is 7.79. The summed E-state index contributed by atoms with van der Waals surface area (Å²) in [7, 11) is 0. The number of rotatable bonds is 5. The molecule has 0 aliphatic rings. The number of anilines is 1. The maximum Gasteiger partial charge on any atom is 0.322 e. The molecule has 3 aromatic rings. The molecule has 0 saturated carbocycles. The Morgan fingerprint density at radius 3 is 2.31 bits per heavy atom. The fraction of sp³-hybridized carbons (Fsp3) is 0.227. The maximum atomic E-state index is 12.3. The van der Waals surface area contributed by atoms with Crippen LogP contribution in [0.4, 0.5) is 10.5 Å². The van der Waals surface area contributed by atoms with E-state index in [9.17, 15) is 4.79 Å². The van der Waals surface area contributed by atoms with E-state index in [2.05, 4.69) is 24.5 Å². The second kappa shape index (κ2) is 7.91. The molecule has 0 aromatic heterocycles. The van der Waals surface area contributed by atoms with E-state index >= 15 is 0 Å². The Bertz CT molecular complexity index is 883. The van der Waals surface area contributed by atoms with E-state index in [1.165, 1.54) is 5.56 Å². The number of fused-ring (bicyclic) bond motifs is 1. The minimum Gasteiger partial charge on any atom is -0.471 e. The van der Waals surface area contributed by atoms with Crippen molar-refractivity contribution in [2.24, 2.45) is 0 Å². The van der Waals surface area contributed by atoms with Gasteiger partial charge < -0.3 is 15.4 Å². The Labute approximate surface area is 154 Å². The summed E-state index contributed by atoms with van der Waals surface area (Å²) in [5.41, 5.74) is 2.03. The van der Waals surface area contributed by atoms with Gasteiger partial charge in [0, 0.05) is 5.39 Å². The van der Waals surface area contributed by atoms with Crippen LogP contribution in [-0.2, 0) is 0 Å². The molecular formula is C22H24N2O2. The molecule has 0 aliphatic heterocycles. The molecule has 1 atom stereocenters. The van der Waals surface area contributed by atoms with Crippen molar-refractivity contribution in [2.45, 2.75) is 32.9 Å². The van der Waals surface area contributed by atoms with Gasteiger partial charge in [-0.05, 0) is 42.0 Å². The van der Waals surface area contributed by atoms with Crippen molar-refractivity contribution in [2.75, 3.05) is 5.32 Å². The van der Waals surface area contributed by atoms with Crippen molar-refractivity contribution >= 4 is 22.5 Å². The Kier molecular flexibility index (Phi) is 5.42. The minimum absolute atomic E-state index is 0.298. The molecule has 4 heteroatoms. The van der Waals surface area contributed by atoms with Crippen molar-refractivity contribution in [3.05, 3.63) is 72.3 Å². The average Bonchev–Trinajstić information content (AvgIpc) is 2.62. The van der Waals surface area contributed by atoms with Crippen molar-refractivity contribution < 1.29 is 9.53 Å². The van der Waals surface area contributed by atoms with Crippen molar-refractivity contribution in [3.63, 3.8) is 0 Å². The van der Waals surface area contributed by atoms with Gasteiger partial charge in [0.15, 0.2) is 6.23 Å². The normalized spacial score (nSPS) is 12.0. The lowest BCUT2D eigenvalue weighted by Crippen LogP contribution is -2.39. The molecule has 0 aliphatic carbocycles. The minimum atomic E-state index is -0.449. The number of carbonyl (C=O) groups excluding carboxylic acids is 1. The second-order valence-corrected chi connectivity index (χ2v) is 6.61. The monoisotopic (exact) mass is 348 g/mol. The smallest absolute Gasteiger partial charge is 0.322 e. The molecule has 0 spiro atoms. The number of urea groups is 1. The predicted molar refractivity (Wildman–Crippen MR) is 107 cm³/mol. The van der Waals surface area contributed by atoms with E-state index in [-0.39, 0.29) is 6.03 Å². The lowest BCUT2D eigenvalue weighted by molar-refractivity contribution is 0.183. The van der Waals surface area contributed by atoms with Crippen LogP contribution in [0.1, 0.15) is 32.3 Å². The van der Waals surface area contributed by atoms with Crippen LogP contribution in [-0.4, -0.2) is 12.3 Å². The third kappa shape index (κ3) is 4.33. The largest absolute Gasteiger partial charge is 0.471 e. The number of ether oxygens (including phenoxy) is 1. The lowest BCUT2D eigenvalue weighted by atomic mass is 10.0. The first-order valence-electron chi connectivity index (χ1n) is 8.85. The lowest BCUT2D eigenvalue weighted by Gasteiger charge is -2.18. The zero-order valence-corrected chi connectivity index (χ0v) is 15.3. The number of amides is 2. The summed E-state index contributed by atoms with van der Waals surface area (Å²) in [6, 6.07) is 21.4. The topological polar surface area (TPSA) is 50.4 Å². The van der Waals surface area contributed by atoms with E-state index in [1.54, 1.807) is 6.92 Å². The molecular weight excluding hydrogens is 324 g/mol. The van der Waals surface area contributed by atoms with Gasteiger partial charge in [0.25, 0.3) is 0 Å². The highest BCUT2D eigenvalue weighted by Crippen LogP contribution is 2.23. The summed E-state index contributed by atoms with van der Waals surface area (Å²) in [6.07, 6.45) is -0.449. The molecule has 4 nitrogen and oxygen atoms in total. The van der Waals surface area contributed by atoms with E-state index in [1.807, 2.05) is 66.7 Å². The van der Waals surface area contributed by atoms with Crippen LogP contribution < -0.4 is 15.4 Å². The van der Waals surface area contributed by atoms with Crippen LogP contribution in [0.3, 0.4) is 0 Å². The van der Waals surface area contributed by atoms with Crippen molar-refractivity contribution in [3.8, 4) is 5.75 Å². The Hall–Kier alpha value is -3.01. The van der Waals surface area contributed by atoms with Gasteiger partial charge >= 0.3 is 6.03 Å². The third-order valence-electron chi connectivity index (χ3n) is 4.23. The number of benzene rings is 3. The summed E-state index contributed by atoms with van der Waals surface area (Å²) in [5.74, 6) is 1.21. The predicted octanol–water partition coefficient (Wildman–Crippen LogP) is 5.51. The maximum absolute atomic E-state index is 12.3. The first-order chi connectivity index (χ1) is 12.5. The van der Waals surface area contributed by atoms with Crippen LogP contribution in [0.2, 0.25) is 0 Å². The highest BCUT2D eigenvalue weighted by molar-refractivity contribution is 6.01. The summed E-state index contributed by atoms with van der Waals surface area (Å²) >= 11 is 0. The molecule has 134 valence electrons. The average molecular weight is 348 g/mol. The van der Waals surface area contributed by atoms with Crippen LogP contribution in [0.25, 0.3) is 10.8 Å². The summed E-state index contributed by atoms with van der Waals surface area (Å²) < 4.78 is 5.77. The van der Waals surface area contributed by atoms with E-state index in [0.717, 1.165) is 22.2 Å². The molecule has 0 heterocycles. The van der Waals surface area contributed by atoms with Crippen LogP contribution >= 0.6 is 0 Å². The van der Waals surface area contributed by atoms with E-state index < -0.39 is 6.23 Å². The van der Waals surface area contributed by atoms with Gasteiger partial charge in [0.05, 0.1) is 5.69 Å². The van der Waals surface area contributed by atoms with Gasteiger partial charge in [0.1, 0.15) is 5.75 Å². The Morgan fingerprint density at radius 1 is 0.885 bits per heavy atom. The fourth-order valence-corrected chi connectivity index (χ4v) is 2.84. The summed E-state index contributed by atoms with van der Waals surface area (Å²) in [6.45, 7) is 6.11. The first kappa shape index (κ1) is 17.8. The Balaban J connectivity index is 1.60. The molecule has 0 fully saturated rings. The number of nitrogens with one attached hydrogen (secondary N) is 2. The molecule has 0 bridgehead atoms. The molecule has 3 rings (SSSR count). The molecule has 26 heavy (non-hydrogen) atoms. The number of hydrogen-bond donors (Lipinski definition) is 2. The first-order valence-corrected chi connectivity index (χ1v) is 8.85.